The molecule has 0 unspecified atom stereocenters. The first kappa shape index (κ1) is 8.78. The van der Waals surface area contributed by atoms with Crippen LogP contribution in [0.15, 0.2) is 16.5 Å². The SMILES string of the molecule is OCc1ccc([C@@H]2CCCCN2)o1. The number of rotatable bonds is 2. The van der Waals surface area contributed by atoms with Crippen LogP contribution in [-0.2, 0) is 6.61 Å². The van der Waals surface area contributed by atoms with Gasteiger partial charge in [-0.05, 0) is 31.5 Å². The lowest BCUT2D eigenvalue weighted by atomic mass is 10.0. The van der Waals surface area contributed by atoms with Crippen LogP contribution in [0.5, 0.6) is 0 Å². The summed E-state index contributed by atoms with van der Waals surface area (Å²) < 4.78 is 5.46. The summed E-state index contributed by atoms with van der Waals surface area (Å²) in [6.07, 6.45) is 3.65. The molecule has 0 aromatic carbocycles. The van der Waals surface area contributed by atoms with E-state index in [0.29, 0.717) is 11.8 Å². The second-order valence-corrected chi connectivity index (χ2v) is 3.46. The molecule has 72 valence electrons. The number of nitrogens with one attached hydrogen (secondary N) is 1. The Bertz CT molecular complexity index is 264. The largest absolute Gasteiger partial charge is 0.462 e. The van der Waals surface area contributed by atoms with Gasteiger partial charge in [0.25, 0.3) is 0 Å². The molecule has 3 heteroatoms. The normalized spacial score (nSPS) is 23.3. The highest BCUT2D eigenvalue weighted by Crippen LogP contribution is 2.24. The molecule has 13 heavy (non-hydrogen) atoms. The van der Waals surface area contributed by atoms with Crippen molar-refractivity contribution in [2.45, 2.75) is 31.9 Å². The molecule has 1 fully saturated rings. The number of aliphatic hydroxyl groups is 1. The van der Waals surface area contributed by atoms with Crippen LogP contribution in [0.1, 0.15) is 36.8 Å². The van der Waals surface area contributed by atoms with Crippen molar-refractivity contribution in [3.63, 3.8) is 0 Å². The molecular weight excluding hydrogens is 166 g/mol. The first-order valence-electron chi connectivity index (χ1n) is 4.83. The lowest BCUT2D eigenvalue weighted by Gasteiger charge is -2.21. The van der Waals surface area contributed by atoms with Crippen LogP contribution >= 0.6 is 0 Å². The monoisotopic (exact) mass is 181 g/mol. The van der Waals surface area contributed by atoms with Crippen molar-refractivity contribution in [3.8, 4) is 0 Å². The zero-order chi connectivity index (χ0) is 9.10. The second-order valence-electron chi connectivity index (χ2n) is 3.46. The Morgan fingerprint density at radius 3 is 3.00 bits per heavy atom. The van der Waals surface area contributed by atoms with Crippen LogP contribution in [0.3, 0.4) is 0 Å². The van der Waals surface area contributed by atoms with Crippen LogP contribution in [-0.4, -0.2) is 11.7 Å². The number of aliphatic hydroxyl groups excluding tert-OH is 1. The molecule has 0 saturated carbocycles. The molecule has 0 aliphatic carbocycles. The number of hydrogen-bond acceptors (Lipinski definition) is 3. The van der Waals surface area contributed by atoms with Crippen LogP contribution in [0.25, 0.3) is 0 Å². The van der Waals surface area contributed by atoms with Gasteiger partial charge in [0.15, 0.2) is 0 Å². The van der Waals surface area contributed by atoms with Gasteiger partial charge in [-0.15, -0.1) is 0 Å². The third-order valence-electron chi connectivity index (χ3n) is 2.49. The molecule has 1 atom stereocenters. The Labute approximate surface area is 77.8 Å². The van der Waals surface area contributed by atoms with E-state index in [4.69, 9.17) is 9.52 Å². The van der Waals surface area contributed by atoms with Gasteiger partial charge in [0.2, 0.25) is 0 Å². The topological polar surface area (TPSA) is 45.4 Å². The van der Waals surface area contributed by atoms with Crippen molar-refractivity contribution in [2.24, 2.45) is 0 Å². The molecule has 0 spiro atoms. The molecule has 1 aliphatic rings. The van der Waals surface area contributed by atoms with E-state index in [2.05, 4.69) is 5.32 Å². The molecule has 0 amide bonds. The van der Waals surface area contributed by atoms with Gasteiger partial charge in [0, 0.05) is 0 Å². The first-order chi connectivity index (χ1) is 6.40. The maximum Gasteiger partial charge on any atom is 0.129 e. The summed E-state index contributed by atoms with van der Waals surface area (Å²) in [7, 11) is 0. The summed E-state index contributed by atoms with van der Waals surface area (Å²) in [4.78, 5) is 0. The molecule has 1 saturated heterocycles. The van der Waals surface area contributed by atoms with Gasteiger partial charge >= 0.3 is 0 Å². The highest BCUT2D eigenvalue weighted by molar-refractivity contribution is 5.10. The third-order valence-corrected chi connectivity index (χ3v) is 2.49. The summed E-state index contributed by atoms with van der Waals surface area (Å²) in [6.45, 7) is 1.06. The van der Waals surface area contributed by atoms with E-state index in [1.165, 1.54) is 12.8 Å². The lowest BCUT2D eigenvalue weighted by molar-refractivity contribution is 0.236. The molecule has 0 radical (unpaired) electrons. The number of furan rings is 1. The van der Waals surface area contributed by atoms with E-state index >= 15 is 0 Å². The molecule has 1 aromatic heterocycles. The summed E-state index contributed by atoms with van der Waals surface area (Å²) in [6, 6.07) is 4.15. The number of piperidine rings is 1. The van der Waals surface area contributed by atoms with Crippen molar-refractivity contribution in [2.75, 3.05) is 6.54 Å². The number of hydrogen-bond donors (Lipinski definition) is 2. The Morgan fingerprint density at radius 2 is 2.38 bits per heavy atom. The summed E-state index contributed by atoms with van der Waals surface area (Å²) in [5.41, 5.74) is 0. The van der Waals surface area contributed by atoms with E-state index in [9.17, 15) is 0 Å². The van der Waals surface area contributed by atoms with Crippen LogP contribution in [0, 0.1) is 0 Å². The standard InChI is InChI=1S/C10H15NO2/c12-7-8-4-5-10(13-8)9-3-1-2-6-11-9/h4-5,9,11-12H,1-3,6-7H2/t9-/m0/s1. The van der Waals surface area contributed by atoms with Gasteiger partial charge in [-0.3, -0.25) is 0 Å². The van der Waals surface area contributed by atoms with Crippen LogP contribution < -0.4 is 5.32 Å². The maximum atomic E-state index is 8.84. The minimum atomic E-state index is -0.00722. The Balaban J connectivity index is 2.05. The average molecular weight is 181 g/mol. The minimum absolute atomic E-state index is 0.00722. The Morgan fingerprint density at radius 1 is 1.46 bits per heavy atom. The molecule has 2 heterocycles. The Kier molecular flexibility index (Phi) is 2.66. The van der Waals surface area contributed by atoms with Crippen molar-refractivity contribution in [3.05, 3.63) is 23.7 Å². The molecule has 1 aromatic rings. The fraction of sp³-hybridized carbons (Fsp3) is 0.600. The van der Waals surface area contributed by atoms with Crippen LogP contribution in [0.4, 0.5) is 0 Å². The van der Waals surface area contributed by atoms with Gasteiger partial charge in [-0.2, -0.15) is 0 Å². The minimum Gasteiger partial charge on any atom is -0.462 e. The van der Waals surface area contributed by atoms with E-state index in [1.807, 2.05) is 12.1 Å². The fourth-order valence-electron chi connectivity index (χ4n) is 1.76. The summed E-state index contributed by atoms with van der Waals surface area (Å²) in [5, 5.41) is 12.2. The molecule has 2 rings (SSSR count). The van der Waals surface area contributed by atoms with E-state index in [-0.39, 0.29) is 6.61 Å². The van der Waals surface area contributed by atoms with Gasteiger partial charge < -0.3 is 14.8 Å². The highest BCUT2D eigenvalue weighted by Gasteiger charge is 2.17. The zero-order valence-electron chi connectivity index (χ0n) is 7.62. The molecule has 3 nitrogen and oxygen atoms in total. The second kappa shape index (κ2) is 3.94. The van der Waals surface area contributed by atoms with E-state index in [0.717, 1.165) is 18.7 Å². The van der Waals surface area contributed by atoms with Crippen LogP contribution in [0.2, 0.25) is 0 Å². The molecular formula is C10H15NO2. The van der Waals surface area contributed by atoms with Crippen molar-refractivity contribution < 1.29 is 9.52 Å². The van der Waals surface area contributed by atoms with Gasteiger partial charge in [0.1, 0.15) is 18.1 Å². The third kappa shape index (κ3) is 1.92. The smallest absolute Gasteiger partial charge is 0.129 e. The van der Waals surface area contributed by atoms with Crippen molar-refractivity contribution in [1.29, 1.82) is 0 Å². The molecule has 1 aliphatic heterocycles. The average Bonchev–Trinajstić information content (AvgIpc) is 2.67. The van der Waals surface area contributed by atoms with Crippen molar-refractivity contribution >= 4 is 0 Å². The maximum absolute atomic E-state index is 8.84. The predicted molar refractivity (Wildman–Crippen MR) is 49.2 cm³/mol. The zero-order valence-corrected chi connectivity index (χ0v) is 7.62. The van der Waals surface area contributed by atoms with E-state index in [1.54, 1.807) is 0 Å². The van der Waals surface area contributed by atoms with Gasteiger partial charge in [-0.1, -0.05) is 6.42 Å². The predicted octanol–water partition coefficient (Wildman–Crippen LogP) is 1.59. The summed E-state index contributed by atoms with van der Waals surface area (Å²) in [5.74, 6) is 1.62. The van der Waals surface area contributed by atoms with Gasteiger partial charge in [0.05, 0.1) is 6.04 Å². The molecule has 0 bridgehead atoms. The molecule has 2 N–H and O–H groups in total. The lowest BCUT2D eigenvalue weighted by Crippen LogP contribution is -2.26. The van der Waals surface area contributed by atoms with Crippen molar-refractivity contribution in [1.82, 2.24) is 5.32 Å². The highest BCUT2D eigenvalue weighted by atomic mass is 16.4. The fourth-order valence-corrected chi connectivity index (χ4v) is 1.76. The quantitative estimate of drug-likeness (QED) is 0.728. The summed E-state index contributed by atoms with van der Waals surface area (Å²) >= 11 is 0. The van der Waals surface area contributed by atoms with Gasteiger partial charge in [-0.25, -0.2) is 0 Å². The van der Waals surface area contributed by atoms with E-state index < -0.39 is 0 Å². The first-order valence-corrected chi connectivity index (χ1v) is 4.83. The Hall–Kier alpha value is -0.800.